The molecule has 0 radical (unpaired) electrons. The van der Waals surface area contributed by atoms with Gasteiger partial charge in [0.25, 0.3) is 5.91 Å². The normalized spacial score (nSPS) is 14.9. The number of amides is 1. The Kier molecular flexibility index (Phi) is 7.52. The summed E-state index contributed by atoms with van der Waals surface area (Å²) in [5.41, 5.74) is 2.63. The summed E-state index contributed by atoms with van der Waals surface area (Å²) in [4.78, 5) is 18.1. The Bertz CT molecular complexity index is 1210. The minimum Gasteiger partial charge on any atom is -0.493 e. The second-order valence-corrected chi connectivity index (χ2v) is 8.78. The molecule has 4 rings (SSSR count). The molecule has 0 spiro atoms. The summed E-state index contributed by atoms with van der Waals surface area (Å²) in [5.74, 6) is 1.62. The number of carbonyl (C=O) groups excluding carboxylic acids is 1. The number of aromatic nitrogens is 3. The number of fused-ring (bicyclic) bond motifs is 1. The summed E-state index contributed by atoms with van der Waals surface area (Å²) < 4.78 is 14.4. The second kappa shape index (κ2) is 10.7. The van der Waals surface area contributed by atoms with Gasteiger partial charge in [-0.2, -0.15) is 10.1 Å². The van der Waals surface area contributed by atoms with Crippen molar-refractivity contribution in [1.29, 1.82) is 0 Å². The van der Waals surface area contributed by atoms with Gasteiger partial charge >= 0.3 is 0 Å². The standard InChI is InChI=1S/C25H28BrN5O3/c1-4-6-13-34-20-12-11-17(26)14-18(20)23-22(16(3)29-25-27-15-28-31(23)25)24(32)30-19-9-7-8-10-21(19)33-5-2/h7-12,14-15,23H,4-6,13H2,1-3H3,(H,30,32)(H,27,28,29). The quantitative estimate of drug-likeness (QED) is 0.356. The predicted octanol–water partition coefficient (Wildman–Crippen LogP) is 5.55. The highest BCUT2D eigenvalue weighted by Crippen LogP contribution is 2.40. The molecular weight excluding hydrogens is 498 g/mol. The van der Waals surface area contributed by atoms with Crippen molar-refractivity contribution in [2.24, 2.45) is 0 Å². The molecule has 0 saturated heterocycles. The Morgan fingerprint density at radius 3 is 2.79 bits per heavy atom. The van der Waals surface area contributed by atoms with Gasteiger partial charge in [-0.3, -0.25) is 4.79 Å². The van der Waals surface area contributed by atoms with Crippen LogP contribution in [0.15, 0.2) is 64.5 Å². The molecule has 1 atom stereocenters. The summed E-state index contributed by atoms with van der Waals surface area (Å²) in [5, 5.41) is 10.7. The van der Waals surface area contributed by atoms with Crippen LogP contribution in [0.1, 0.15) is 45.2 Å². The summed E-state index contributed by atoms with van der Waals surface area (Å²) in [7, 11) is 0. The number of carbonyl (C=O) groups is 1. The maximum Gasteiger partial charge on any atom is 0.255 e. The van der Waals surface area contributed by atoms with Crippen molar-refractivity contribution >= 4 is 33.5 Å². The monoisotopic (exact) mass is 525 g/mol. The minimum atomic E-state index is -0.535. The van der Waals surface area contributed by atoms with E-state index >= 15 is 0 Å². The SMILES string of the molecule is CCCCOc1ccc(Br)cc1C1C(C(=O)Nc2ccccc2OCC)=C(C)Nc2ncnn21. The first-order chi connectivity index (χ1) is 16.5. The van der Waals surface area contributed by atoms with Gasteiger partial charge in [0.15, 0.2) is 0 Å². The van der Waals surface area contributed by atoms with Crippen LogP contribution in [0.3, 0.4) is 0 Å². The Hall–Kier alpha value is -3.33. The zero-order chi connectivity index (χ0) is 24.1. The van der Waals surface area contributed by atoms with Crippen LogP contribution in [0.25, 0.3) is 0 Å². The number of allylic oxidation sites excluding steroid dienone is 1. The molecule has 178 valence electrons. The molecule has 9 heteroatoms. The van der Waals surface area contributed by atoms with Crippen LogP contribution >= 0.6 is 15.9 Å². The van der Waals surface area contributed by atoms with Gasteiger partial charge in [0.05, 0.1) is 24.5 Å². The lowest BCUT2D eigenvalue weighted by atomic mass is 9.94. The van der Waals surface area contributed by atoms with Gasteiger partial charge in [0, 0.05) is 15.7 Å². The third-order valence-electron chi connectivity index (χ3n) is 5.50. The third-order valence-corrected chi connectivity index (χ3v) is 5.99. The number of ether oxygens (including phenoxy) is 2. The number of nitrogens with one attached hydrogen (secondary N) is 2. The molecule has 2 N–H and O–H groups in total. The van der Waals surface area contributed by atoms with Gasteiger partial charge in [-0.1, -0.05) is 41.4 Å². The van der Waals surface area contributed by atoms with E-state index in [-0.39, 0.29) is 5.91 Å². The number of para-hydroxylation sites is 2. The van der Waals surface area contributed by atoms with Gasteiger partial charge in [-0.15, -0.1) is 0 Å². The molecule has 1 amide bonds. The smallest absolute Gasteiger partial charge is 0.255 e. The number of hydrogen-bond acceptors (Lipinski definition) is 6. The van der Waals surface area contributed by atoms with E-state index in [1.807, 2.05) is 56.3 Å². The van der Waals surface area contributed by atoms with Crippen LogP contribution in [0.2, 0.25) is 0 Å². The van der Waals surface area contributed by atoms with Crippen LogP contribution in [0.4, 0.5) is 11.6 Å². The molecule has 0 aliphatic carbocycles. The largest absolute Gasteiger partial charge is 0.493 e. The number of anilines is 2. The molecule has 1 aliphatic heterocycles. The lowest BCUT2D eigenvalue weighted by Crippen LogP contribution is -2.32. The predicted molar refractivity (Wildman–Crippen MR) is 135 cm³/mol. The molecular formula is C25H28BrN5O3. The van der Waals surface area contributed by atoms with Crippen molar-refractivity contribution in [2.75, 3.05) is 23.8 Å². The average molecular weight is 526 g/mol. The molecule has 0 bridgehead atoms. The maximum atomic E-state index is 13.7. The van der Waals surface area contributed by atoms with E-state index in [1.165, 1.54) is 6.33 Å². The average Bonchev–Trinajstić information content (AvgIpc) is 3.28. The molecule has 1 aromatic heterocycles. The van der Waals surface area contributed by atoms with E-state index in [2.05, 4.69) is 43.6 Å². The highest BCUT2D eigenvalue weighted by molar-refractivity contribution is 9.10. The topological polar surface area (TPSA) is 90.3 Å². The van der Waals surface area contributed by atoms with Gasteiger partial charge < -0.3 is 20.1 Å². The highest BCUT2D eigenvalue weighted by atomic mass is 79.9. The fourth-order valence-electron chi connectivity index (χ4n) is 3.90. The van der Waals surface area contributed by atoms with Crippen LogP contribution in [0, 0.1) is 0 Å². The lowest BCUT2D eigenvalue weighted by molar-refractivity contribution is -0.113. The molecule has 2 aromatic carbocycles. The van der Waals surface area contributed by atoms with E-state index in [0.29, 0.717) is 47.6 Å². The molecule has 1 aliphatic rings. The summed E-state index contributed by atoms with van der Waals surface area (Å²) in [6, 6.07) is 12.7. The number of nitrogens with zero attached hydrogens (tertiary/aromatic N) is 3. The van der Waals surface area contributed by atoms with E-state index in [0.717, 1.165) is 22.9 Å². The van der Waals surface area contributed by atoms with Crippen molar-refractivity contribution in [1.82, 2.24) is 14.8 Å². The van der Waals surface area contributed by atoms with Crippen molar-refractivity contribution in [3.8, 4) is 11.5 Å². The molecule has 1 unspecified atom stereocenters. The van der Waals surface area contributed by atoms with Crippen molar-refractivity contribution in [2.45, 2.75) is 39.7 Å². The summed E-state index contributed by atoms with van der Waals surface area (Å²) in [6.07, 6.45) is 3.44. The molecule has 0 fully saturated rings. The molecule has 0 saturated carbocycles. The van der Waals surface area contributed by atoms with Crippen molar-refractivity contribution < 1.29 is 14.3 Å². The number of unbranched alkanes of at least 4 members (excludes halogenated alkanes) is 1. The van der Waals surface area contributed by atoms with Crippen LogP contribution < -0.4 is 20.1 Å². The first kappa shape index (κ1) is 23.8. The molecule has 2 heterocycles. The number of hydrogen-bond donors (Lipinski definition) is 2. The molecule has 8 nitrogen and oxygen atoms in total. The maximum absolute atomic E-state index is 13.7. The third kappa shape index (κ3) is 4.94. The zero-order valence-corrected chi connectivity index (χ0v) is 21.1. The highest BCUT2D eigenvalue weighted by Gasteiger charge is 2.35. The van der Waals surface area contributed by atoms with E-state index in [9.17, 15) is 4.79 Å². The first-order valence-electron chi connectivity index (χ1n) is 11.4. The van der Waals surface area contributed by atoms with Crippen molar-refractivity contribution in [3.05, 3.63) is 70.1 Å². The number of rotatable bonds is 9. The van der Waals surface area contributed by atoms with E-state index < -0.39 is 6.04 Å². The fourth-order valence-corrected chi connectivity index (χ4v) is 4.28. The van der Waals surface area contributed by atoms with Crippen molar-refractivity contribution in [3.63, 3.8) is 0 Å². The van der Waals surface area contributed by atoms with Gasteiger partial charge in [-0.05, 0) is 50.6 Å². The fraction of sp³-hybridized carbons (Fsp3) is 0.320. The van der Waals surface area contributed by atoms with Gasteiger partial charge in [-0.25, -0.2) is 4.68 Å². The summed E-state index contributed by atoms with van der Waals surface area (Å²) in [6.45, 7) is 6.98. The Balaban J connectivity index is 1.77. The number of benzene rings is 2. The molecule has 34 heavy (non-hydrogen) atoms. The Morgan fingerprint density at radius 1 is 1.18 bits per heavy atom. The second-order valence-electron chi connectivity index (χ2n) is 7.86. The lowest BCUT2D eigenvalue weighted by Gasteiger charge is -2.30. The Morgan fingerprint density at radius 2 is 2.00 bits per heavy atom. The minimum absolute atomic E-state index is 0.261. The van der Waals surface area contributed by atoms with Crippen LogP contribution in [-0.2, 0) is 4.79 Å². The zero-order valence-electron chi connectivity index (χ0n) is 19.5. The first-order valence-corrected chi connectivity index (χ1v) is 12.2. The van der Waals surface area contributed by atoms with Gasteiger partial charge in [0.1, 0.15) is 23.9 Å². The Labute approximate surface area is 207 Å². The van der Waals surface area contributed by atoms with Crippen LogP contribution in [0.5, 0.6) is 11.5 Å². The summed E-state index contributed by atoms with van der Waals surface area (Å²) >= 11 is 3.58. The van der Waals surface area contributed by atoms with Crippen LogP contribution in [-0.4, -0.2) is 33.9 Å². The van der Waals surface area contributed by atoms with E-state index in [4.69, 9.17) is 9.47 Å². The number of halogens is 1. The van der Waals surface area contributed by atoms with Gasteiger partial charge in [0.2, 0.25) is 5.95 Å². The van der Waals surface area contributed by atoms with E-state index in [1.54, 1.807) is 4.68 Å². The molecule has 3 aromatic rings.